The van der Waals surface area contributed by atoms with E-state index in [1.54, 1.807) is 12.1 Å². The van der Waals surface area contributed by atoms with Crippen molar-refractivity contribution < 1.29 is 13.2 Å². The van der Waals surface area contributed by atoms with Crippen LogP contribution in [0.25, 0.3) is 28.2 Å². The summed E-state index contributed by atoms with van der Waals surface area (Å²) in [6.45, 7) is 0. The zero-order valence-corrected chi connectivity index (χ0v) is 12.8. The Hall–Kier alpha value is -3.22. The first-order valence-corrected chi connectivity index (χ1v) is 7.46. The number of rotatable bonds is 2. The van der Waals surface area contributed by atoms with Crippen LogP contribution in [0.4, 0.5) is 13.2 Å². The fraction of sp³-hybridized carbons (Fsp3) is 0.0556. The molecule has 7 heteroatoms. The molecule has 0 aliphatic carbocycles. The van der Waals surface area contributed by atoms with Crippen LogP contribution in [0.15, 0.2) is 67.0 Å². The number of benzene rings is 2. The van der Waals surface area contributed by atoms with Crippen LogP contribution in [-0.2, 0) is 6.18 Å². The summed E-state index contributed by atoms with van der Waals surface area (Å²) < 4.78 is 40.5. The first-order chi connectivity index (χ1) is 12.0. The SMILES string of the molecule is FC(F)(F)c1cc(-c2ccc(-c3ccccc3)cc2)nc2ncnn12. The first kappa shape index (κ1) is 15.3. The number of aromatic nitrogens is 4. The molecule has 0 saturated heterocycles. The van der Waals surface area contributed by atoms with Gasteiger partial charge in [-0.3, -0.25) is 0 Å². The van der Waals surface area contributed by atoms with Gasteiger partial charge in [-0.15, -0.1) is 0 Å². The van der Waals surface area contributed by atoms with Crippen molar-refractivity contribution in [1.82, 2.24) is 19.6 Å². The second-order valence-electron chi connectivity index (χ2n) is 5.44. The molecular formula is C18H11F3N4. The van der Waals surface area contributed by atoms with E-state index in [2.05, 4.69) is 15.1 Å². The molecule has 0 fully saturated rings. The van der Waals surface area contributed by atoms with Crippen molar-refractivity contribution >= 4 is 5.78 Å². The summed E-state index contributed by atoms with van der Waals surface area (Å²) in [5.74, 6) is -0.0861. The molecule has 2 heterocycles. The lowest BCUT2D eigenvalue weighted by Gasteiger charge is -2.10. The van der Waals surface area contributed by atoms with Gasteiger partial charge in [-0.2, -0.15) is 27.8 Å². The Morgan fingerprint density at radius 1 is 0.800 bits per heavy atom. The summed E-state index contributed by atoms with van der Waals surface area (Å²) in [4.78, 5) is 7.96. The van der Waals surface area contributed by atoms with Gasteiger partial charge < -0.3 is 0 Å². The van der Waals surface area contributed by atoms with Crippen molar-refractivity contribution in [3.8, 4) is 22.4 Å². The van der Waals surface area contributed by atoms with Crippen molar-refractivity contribution in [1.29, 1.82) is 0 Å². The Bertz CT molecular complexity index is 1020. The van der Waals surface area contributed by atoms with E-state index in [0.717, 1.165) is 23.5 Å². The molecule has 0 aliphatic rings. The molecule has 0 amide bonds. The van der Waals surface area contributed by atoms with E-state index in [4.69, 9.17) is 0 Å². The molecule has 0 aliphatic heterocycles. The van der Waals surface area contributed by atoms with Gasteiger partial charge >= 0.3 is 6.18 Å². The van der Waals surface area contributed by atoms with Crippen LogP contribution in [-0.4, -0.2) is 19.6 Å². The number of nitrogens with zero attached hydrogens (tertiary/aromatic N) is 4. The van der Waals surface area contributed by atoms with E-state index < -0.39 is 11.9 Å². The van der Waals surface area contributed by atoms with Crippen LogP contribution in [0.3, 0.4) is 0 Å². The van der Waals surface area contributed by atoms with Gasteiger partial charge in [0.15, 0.2) is 5.69 Å². The van der Waals surface area contributed by atoms with Crippen LogP contribution in [0.1, 0.15) is 5.69 Å². The van der Waals surface area contributed by atoms with Crippen LogP contribution < -0.4 is 0 Å². The van der Waals surface area contributed by atoms with Crippen molar-refractivity contribution in [2.75, 3.05) is 0 Å². The third-order valence-corrected chi connectivity index (χ3v) is 3.83. The van der Waals surface area contributed by atoms with Crippen molar-refractivity contribution in [2.24, 2.45) is 0 Å². The molecule has 0 N–H and O–H groups in total. The summed E-state index contributed by atoms with van der Waals surface area (Å²) in [7, 11) is 0. The van der Waals surface area contributed by atoms with Gasteiger partial charge in [-0.1, -0.05) is 54.6 Å². The second-order valence-corrected chi connectivity index (χ2v) is 5.44. The molecule has 4 nitrogen and oxygen atoms in total. The maximum atomic E-state index is 13.3. The maximum absolute atomic E-state index is 13.3. The number of hydrogen-bond donors (Lipinski definition) is 0. The Labute approximate surface area is 140 Å². The van der Waals surface area contributed by atoms with E-state index >= 15 is 0 Å². The third kappa shape index (κ3) is 2.84. The molecule has 0 unspecified atom stereocenters. The van der Waals surface area contributed by atoms with Gasteiger partial charge in [-0.25, -0.2) is 4.98 Å². The highest BCUT2D eigenvalue weighted by atomic mass is 19.4. The van der Waals surface area contributed by atoms with Gasteiger partial charge in [0.1, 0.15) is 6.33 Å². The van der Waals surface area contributed by atoms with Crippen LogP contribution >= 0.6 is 0 Å². The fourth-order valence-corrected chi connectivity index (χ4v) is 2.63. The number of fused-ring (bicyclic) bond motifs is 1. The normalized spacial score (nSPS) is 11.8. The van der Waals surface area contributed by atoms with Gasteiger partial charge in [-0.05, 0) is 17.2 Å². The monoisotopic (exact) mass is 340 g/mol. The Morgan fingerprint density at radius 2 is 1.44 bits per heavy atom. The second kappa shape index (κ2) is 5.70. The van der Waals surface area contributed by atoms with Gasteiger partial charge in [0.05, 0.1) is 5.69 Å². The fourth-order valence-electron chi connectivity index (χ4n) is 2.63. The van der Waals surface area contributed by atoms with E-state index in [0.29, 0.717) is 10.1 Å². The topological polar surface area (TPSA) is 43.1 Å². The molecular weight excluding hydrogens is 329 g/mol. The summed E-state index contributed by atoms with van der Waals surface area (Å²) in [6.07, 6.45) is -3.49. The minimum Gasteiger partial charge on any atom is -0.211 e. The zero-order valence-electron chi connectivity index (χ0n) is 12.8. The molecule has 0 radical (unpaired) electrons. The third-order valence-electron chi connectivity index (χ3n) is 3.83. The van der Waals surface area contributed by atoms with Gasteiger partial charge in [0.25, 0.3) is 5.78 Å². The average molecular weight is 340 g/mol. The molecule has 0 saturated carbocycles. The highest BCUT2D eigenvalue weighted by Gasteiger charge is 2.35. The summed E-state index contributed by atoms with van der Waals surface area (Å²) >= 11 is 0. The molecule has 124 valence electrons. The summed E-state index contributed by atoms with van der Waals surface area (Å²) in [6, 6.07) is 17.9. The molecule has 2 aromatic heterocycles. The highest BCUT2D eigenvalue weighted by Crippen LogP contribution is 2.32. The average Bonchev–Trinajstić information content (AvgIpc) is 3.09. The molecule has 0 bridgehead atoms. The molecule has 2 aromatic carbocycles. The number of hydrogen-bond acceptors (Lipinski definition) is 3. The lowest BCUT2D eigenvalue weighted by molar-refractivity contribution is -0.142. The Morgan fingerprint density at radius 3 is 2.12 bits per heavy atom. The molecule has 0 atom stereocenters. The van der Waals surface area contributed by atoms with Crippen LogP contribution in [0, 0.1) is 0 Å². The van der Waals surface area contributed by atoms with E-state index in [1.165, 1.54) is 0 Å². The smallest absolute Gasteiger partial charge is 0.211 e. The minimum absolute atomic E-state index is 0.0861. The summed E-state index contributed by atoms with van der Waals surface area (Å²) in [5.41, 5.74) is 1.88. The van der Waals surface area contributed by atoms with E-state index in [1.807, 2.05) is 42.5 Å². The molecule has 0 spiro atoms. The standard InChI is InChI=1S/C18H11F3N4/c19-18(20,21)16-10-15(24-17-22-11-23-25(16)17)14-8-6-13(7-9-14)12-4-2-1-3-5-12/h1-11H. The number of alkyl halides is 3. The Kier molecular flexibility index (Phi) is 3.49. The van der Waals surface area contributed by atoms with Crippen molar-refractivity contribution in [2.45, 2.75) is 6.18 Å². The predicted molar refractivity (Wildman–Crippen MR) is 86.7 cm³/mol. The van der Waals surface area contributed by atoms with Crippen LogP contribution in [0.2, 0.25) is 0 Å². The van der Waals surface area contributed by atoms with Gasteiger partial charge in [0.2, 0.25) is 0 Å². The lowest BCUT2D eigenvalue weighted by atomic mass is 10.0. The zero-order chi connectivity index (χ0) is 17.4. The van der Waals surface area contributed by atoms with Crippen molar-refractivity contribution in [3.63, 3.8) is 0 Å². The molecule has 4 rings (SSSR count). The molecule has 25 heavy (non-hydrogen) atoms. The quantitative estimate of drug-likeness (QED) is 0.540. The van der Waals surface area contributed by atoms with E-state index in [9.17, 15) is 13.2 Å². The van der Waals surface area contributed by atoms with Gasteiger partial charge in [0, 0.05) is 5.56 Å². The minimum atomic E-state index is -4.55. The predicted octanol–water partition coefficient (Wildman–Crippen LogP) is 4.48. The Balaban J connectivity index is 1.80. The lowest BCUT2D eigenvalue weighted by Crippen LogP contribution is -2.13. The number of halogens is 3. The summed E-state index contributed by atoms with van der Waals surface area (Å²) in [5, 5.41) is 3.60. The molecule has 4 aromatic rings. The largest absolute Gasteiger partial charge is 0.433 e. The first-order valence-electron chi connectivity index (χ1n) is 7.46. The van der Waals surface area contributed by atoms with E-state index in [-0.39, 0.29) is 11.5 Å². The highest BCUT2D eigenvalue weighted by molar-refractivity contribution is 5.69. The van der Waals surface area contributed by atoms with Crippen molar-refractivity contribution in [3.05, 3.63) is 72.7 Å². The van der Waals surface area contributed by atoms with Crippen LogP contribution in [0.5, 0.6) is 0 Å². The maximum Gasteiger partial charge on any atom is 0.433 e.